The third-order valence-corrected chi connectivity index (χ3v) is 5.27. The highest BCUT2D eigenvalue weighted by Gasteiger charge is 2.38. The first-order chi connectivity index (χ1) is 11.6. The summed E-state index contributed by atoms with van der Waals surface area (Å²) in [6.07, 6.45) is 4.47. The highest BCUT2D eigenvalue weighted by molar-refractivity contribution is 5.34. The maximum Gasteiger partial charge on any atom is 0.115 e. The Morgan fingerprint density at radius 3 is 2.54 bits per heavy atom. The standard InChI is InChI=1S/C21H27NO2/c1-2-11-21(18-4-3-5-20(24)15-18)12-14-22(16-21)13-10-17-6-8-19(23)9-7-17/h3-9,15,23-24H,2,10-14,16H2,1H3. The maximum absolute atomic E-state index is 9.86. The van der Waals surface area contributed by atoms with Crippen molar-refractivity contribution in [1.82, 2.24) is 4.90 Å². The molecule has 2 N–H and O–H groups in total. The van der Waals surface area contributed by atoms with Gasteiger partial charge in [-0.05, 0) is 61.2 Å². The molecule has 0 spiro atoms. The van der Waals surface area contributed by atoms with Crippen LogP contribution in [0.3, 0.4) is 0 Å². The molecule has 3 heteroatoms. The van der Waals surface area contributed by atoms with Crippen molar-refractivity contribution >= 4 is 0 Å². The number of hydrogen-bond acceptors (Lipinski definition) is 3. The molecular formula is C21H27NO2. The molecule has 1 saturated heterocycles. The summed E-state index contributed by atoms with van der Waals surface area (Å²) in [5.74, 6) is 0.691. The number of phenolic OH excluding ortho intramolecular Hbond substituents is 2. The predicted octanol–water partition coefficient (Wildman–Crippen LogP) is 4.08. The molecule has 3 rings (SSSR count). The third-order valence-electron chi connectivity index (χ3n) is 5.27. The highest BCUT2D eigenvalue weighted by atomic mass is 16.3. The van der Waals surface area contributed by atoms with E-state index >= 15 is 0 Å². The first-order valence-electron chi connectivity index (χ1n) is 8.91. The van der Waals surface area contributed by atoms with E-state index in [1.54, 1.807) is 18.2 Å². The van der Waals surface area contributed by atoms with E-state index < -0.39 is 0 Å². The number of benzene rings is 2. The zero-order valence-corrected chi connectivity index (χ0v) is 14.4. The second kappa shape index (κ2) is 7.27. The van der Waals surface area contributed by atoms with E-state index in [0.717, 1.165) is 45.3 Å². The Bertz CT molecular complexity index is 668. The van der Waals surface area contributed by atoms with Gasteiger partial charge < -0.3 is 15.1 Å². The zero-order chi connectivity index (χ0) is 17.0. The van der Waals surface area contributed by atoms with Crippen molar-refractivity contribution in [2.45, 2.75) is 38.0 Å². The van der Waals surface area contributed by atoms with E-state index in [0.29, 0.717) is 11.5 Å². The Morgan fingerprint density at radius 2 is 1.83 bits per heavy atom. The van der Waals surface area contributed by atoms with Gasteiger partial charge in [-0.3, -0.25) is 0 Å². The van der Waals surface area contributed by atoms with Gasteiger partial charge in [0.05, 0.1) is 0 Å². The number of phenols is 2. The topological polar surface area (TPSA) is 43.7 Å². The van der Waals surface area contributed by atoms with Gasteiger partial charge in [-0.25, -0.2) is 0 Å². The van der Waals surface area contributed by atoms with Gasteiger partial charge in [0.2, 0.25) is 0 Å². The van der Waals surface area contributed by atoms with Crippen LogP contribution in [0, 0.1) is 0 Å². The van der Waals surface area contributed by atoms with E-state index in [4.69, 9.17) is 0 Å². The van der Waals surface area contributed by atoms with Crippen molar-refractivity contribution < 1.29 is 10.2 Å². The molecule has 1 heterocycles. The molecule has 0 bridgehead atoms. The Kier molecular flexibility index (Phi) is 5.10. The molecule has 3 nitrogen and oxygen atoms in total. The third kappa shape index (κ3) is 3.73. The minimum Gasteiger partial charge on any atom is -0.508 e. The zero-order valence-electron chi connectivity index (χ0n) is 14.4. The Hall–Kier alpha value is -2.00. The number of rotatable bonds is 6. The first-order valence-corrected chi connectivity index (χ1v) is 8.91. The van der Waals surface area contributed by atoms with E-state index in [1.807, 2.05) is 24.3 Å². The van der Waals surface area contributed by atoms with Crippen LogP contribution in [0.1, 0.15) is 37.3 Å². The lowest BCUT2D eigenvalue weighted by Crippen LogP contribution is -2.32. The van der Waals surface area contributed by atoms with Crippen molar-refractivity contribution in [3.63, 3.8) is 0 Å². The molecule has 0 aromatic heterocycles. The maximum atomic E-state index is 9.86. The molecule has 0 aliphatic carbocycles. The first kappa shape index (κ1) is 16.8. The van der Waals surface area contributed by atoms with Gasteiger partial charge in [-0.15, -0.1) is 0 Å². The van der Waals surface area contributed by atoms with Crippen LogP contribution >= 0.6 is 0 Å². The van der Waals surface area contributed by atoms with Crippen LogP contribution in [-0.2, 0) is 11.8 Å². The number of likely N-dealkylation sites (tertiary alicyclic amines) is 1. The lowest BCUT2D eigenvalue weighted by Gasteiger charge is -2.30. The molecular weight excluding hydrogens is 298 g/mol. The molecule has 0 amide bonds. The number of aromatic hydroxyl groups is 2. The quantitative estimate of drug-likeness (QED) is 0.841. The summed E-state index contributed by atoms with van der Waals surface area (Å²) < 4.78 is 0. The molecule has 1 fully saturated rings. The van der Waals surface area contributed by atoms with Crippen LogP contribution in [-0.4, -0.2) is 34.7 Å². The lowest BCUT2D eigenvalue weighted by molar-refractivity contribution is 0.304. The second-order valence-electron chi connectivity index (χ2n) is 7.02. The average Bonchev–Trinajstić information content (AvgIpc) is 2.99. The van der Waals surface area contributed by atoms with Crippen molar-refractivity contribution in [2.75, 3.05) is 19.6 Å². The monoisotopic (exact) mass is 325 g/mol. The van der Waals surface area contributed by atoms with E-state index in [1.165, 1.54) is 11.1 Å². The van der Waals surface area contributed by atoms with Gasteiger partial charge in [-0.1, -0.05) is 37.6 Å². The van der Waals surface area contributed by atoms with Crippen LogP contribution in [0.2, 0.25) is 0 Å². The Morgan fingerprint density at radius 1 is 1.04 bits per heavy atom. The average molecular weight is 325 g/mol. The van der Waals surface area contributed by atoms with Crippen LogP contribution in [0.4, 0.5) is 0 Å². The van der Waals surface area contributed by atoms with Crippen molar-refractivity contribution in [3.8, 4) is 11.5 Å². The summed E-state index contributed by atoms with van der Waals surface area (Å²) >= 11 is 0. The summed E-state index contributed by atoms with van der Waals surface area (Å²) in [5.41, 5.74) is 2.71. The van der Waals surface area contributed by atoms with Gasteiger partial charge in [0.1, 0.15) is 11.5 Å². The Labute approximate surface area is 144 Å². The molecule has 128 valence electrons. The SMILES string of the molecule is CCCC1(c2cccc(O)c2)CCN(CCc2ccc(O)cc2)C1. The molecule has 0 radical (unpaired) electrons. The predicted molar refractivity (Wildman–Crippen MR) is 97.6 cm³/mol. The number of hydrogen-bond donors (Lipinski definition) is 2. The molecule has 24 heavy (non-hydrogen) atoms. The van der Waals surface area contributed by atoms with E-state index in [2.05, 4.69) is 17.9 Å². The van der Waals surface area contributed by atoms with Gasteiger partial charge in [0.25, 0.3) is 0 Å². The van der Waals surface area contributed by atoms with Crippen molar-refractivity contribution in [1.29, 1.82) is 0 Å². The van der Waals surface area contributed by atoms with Crippen LogP contribution in [0.5, 0.6) is 11.5 Å². The van der Waals surface area contributed by atoms with Crippen LogP contribution in [0.15, 0.2) is 48.5 Å². The smallest absolute Gasteiger partial charge is 0.115 e. The van der Waals surface area contributed by atoms with Gasteiger partial charge in [0, 0.05) is 18.5 Å². The van der Waals surface area contributed by atoms with Gasteiger partial charge >= 0.3 is 0 Å². The minimum absolute atomic E-state index is 0.169. The molecule has 1 atom stereocenters. The van der Waals surface area contributed by atoms with Crippen LogP contribution < -0.4 is 0 Å². The molecule has 1 aliphatic rings. The lowest BCUT2D eigenvalue weighted by atomic mass is 9.76. The van der Waals surface area contributed by atoms with Gasteiger partial charge in [-0.2, -0.15) is 0 Å². The highest BCUT2D eigenvalue weighted by Crippen LogP contribution is 2.39. The second-order valence-corrected chi connectivity index (χ2v) is 7.02. The van der Waals surface area contributed by atoms with E-state index in [-0.39, 0.29) is 5.41 Å². The molecule has 2 aromatic carbocycles. The van der Waals surface area contributed by atoms with Crippen molar-refractivity contribution in [3.05, 3.63) is 59.7 Å². The summed E-state index contributed by atoms with van der Waals surface area (Å²) in [5, 5.41) is 19.2. The fraction of sp³-hybridized carbons (Fsp3) is 0.429. The molecule has 0 saturated carbocycles. The van der Waals surface area contributed by atoms with E-state index in [9.17, 15) is 10.2 Å². The van der Waals surface area contributed by atoms with Crippen LogP contribution in [0.25, 0.3) is 0 Å². The molecule has 1 aliphatic heterocycles. The number of nitrogens with zero attached hydrogens (tertiary/aromatic N) is 1. The fourth-order valence-electron chi connectivity index (χ4n) is 4.00. The fourth-order valence-corrected chi connectivity index (χ4v) is 4.00. The normalized spacial score (nSPS) is 21.2. The van der Waals surface area contributed by atoms with Crippen molar-refractivity contribution in [2.24, 2.45) is 0 Å². The summed E-state index contributed by atoms with van der Waals surface area (Å²) in [7, 11) is 0. The summed E-state index contributed by atoms with van der Waals surface area (Å²) in [4.78, 5) is 2.53. The summed E-state index contributed by atoms with van der Waals surface area (Å²) in [6, 6.07) is 15.3. The summed E-state index contributed by atoms with van der Waals surface area (Å²) in [6.45, 7) is 5.44. The van der Waals surface area contributed by atoms with Gasteiger partial charge in [0.15, 0.2) is 0 Å². The minimum atomic E-state index is 0.169. The molecule has 1 unspecified atom stereocenters. The molecule has 2 aromatic rings. The Balaban J connectivity index is 1.67. The largest absolute Gasteiger partial charge is 0.508 e.